The molecule has 0 bridgehead atoms. The molecule has 0 spiro atoms. The molecule has 2 rings (SSSR count). The van der Waals surface area contributed by atoms with E-state index in [2.05, 4.69) is 25.9 Å². The van der Waals surface area contributed by atoms with Gasteiger partial charge in [0.25, 0.3) is 5.69 Å². The summed E-state index contributed by atoms with van der Waals surface area (Å²) in [6.45, 7) is 1.88. The number of aromatic amines is 1. The lowest BCUT2D eigenvalue weighted by Gasteiger charge is -2.12. The third-order valence-electron chi connectivity index (χ3n) is 2.28. The molecule has 1 unspecified atom stereocenters. The van der Waals surface area contributed by atoms with Crippen LogP contribution in [-0.4, -0.2) is 25.5 Å². The van der Waals surface area contributed by atoms with Gasteiger partial charge in [0.1, 0.15) is 0 Å². The highest BCUT2D eigenvalue weighted by molar-refractivity contribution is 14.1. The van der Waals surface area contributed by atoms with Crippen molar-refractivity contribution < 1.29 is 4.92 Å². The number of hydrogen-bond donors (Lipinski definition) is 2. The maximum absolute atomic E-state index is 10.6. The van der Waals surface area contributed by atoms with Crippen LogP contribution in [-0.2, 0) is 0 Å². The number of H-pyrrole nitrogens is 1. The van der Waals surface area contributed by atoms with Gasteiger partial charge in [-0.3, -0.25) is 10.1 Å². The Morgan fingerprint density at radius 3 is 2.89 bits per heavy atom. The topological polar surface area (TPSA) is 110 Å². The largest absolute Gasteiger partial charge is 0.374 e. The first-order chi connectivity index (χ1) is 8.58. The van der Waals surface area contributed by atoms with Crippen LogP contribution in [0, 0.1) is 13.7 Å². The number of halogens is 1. The molecule has 18 heavy (non-hydrogen) atoms. The fraction of sp³-hybridized carbons (Fsp3) is 0.222. The number of tetrazole rings is 1. The lowest BCUT2D eigenvalue weighted by atomic mass is 10.2. The summed E-state index contributed by atoms with van der Waals surface area (Å²) in [7, 11) is 0. The number of nitro groups is 1. The first-order valence-corrected chi connectivity index (χ1v) is 6.09. The van der Waals surface area contributed by atoms with Gasteiger partial charge in [-0.2, -0.15) is 5.21 Å². The molecule has 2 aromatic rings. The van der Waals surface area contributed by atoms with Crippen molar-refractivity contribution >= 4 is 34.0 Å². The maximum Gasteiger partial charge on any atom is 0.270 e. The minimum Gasteiger partial charge on any atom is -0.374 e. The van der Waals surface area contributed by atoms with Crippen molar-refractivity contribution in [3.63, 3.8) is 0 Å². The van der Waals surface area contributed by atoms with Crippen LogP contribution in [0.2, 0.25) is 0 Å². The molecule has 8 nitrogen and oxygen atoms in total. The number of anilines is 1. The van der Waals surface area contributed by atoms with Gasteiger partial charge < -0.3 is 5.32 Å². The highest BCUT2D eigenvalue weighted by Crippen LogP contribution is 2.26. The zero-order valence-electron chi connectivity index (χ0n) is 9.29. The summed E-state index contributed by atoms with van der Waals surface area (Å²) in [5, 5.41) is 27.4. The van der Waals surface area contributed by atoms with Crippen molar-refractivity contribution in [1.82, 2.24) is 20.6 Å². The fourth-order valence-corrected chi connectivity index (χ4v) is 2.04. The van der Waals surface area contributed by atoms with E-state index in [1.165, 1.54) is 12.1 Å². The molecular formula is C9H9IN6O2. The Hall–Kier alpha value is -1.78. The summed E-state index contributed by atoms with van der Waals surface area (Å²) in [6, 6.07) is 4.48. The molecule has 1 heterocycles. The Bertz CT molecular complexity index is 558. The molecule has 9 heteroatoms. The van der Waals surface area contributed by atoms with Gasteiger partial charge in [-0.15, -0.1) is 10.2 Å². The van der Waals surface area contributed by atoms with Gasteiger partial charge in [-0.25, -0.2) is 0 Å². The average Bonchev–Trinajstić information content (AvgIpc) is 2.85. The second-order valence-electron chi connectivity index (χ2n) is 3.56. The fourth-order valence-electron chi connectivity index (χ4n) is 1.39. The Morgan fingerprint density at radius 2 is 2.33 bits per heavy atom. The van der Waals surface area contributed by atoms with Gasteiger partial charge >= 0.3 is 0 Å². The van der Waals surface area contributed by atoms with Gasteiger partial charge in [-0.1, -0.05) is 5.21 Å². The van der Waals surface area contributed by atoms with Gasteiger partial charge in [-0.05, 0) is 35.6 Å². The normalized spacial score (nSPS) is 12.1. The number of nitrogens with zero attached hydrogens (tertiary/aromatic N) is 4. The molecule has 0 aliphatic carbocycles. The van der Waals surface area contributed by atoms with Crippen molar-refractivity contribution in [3.05, 3.63) is 37.7 Å². The van der Waals surface area contributed by atoms with E-state index in [9.17, 15) is 10.1 Å². The summed E-state index contributed by atoms with van der Waals surface area (Å²) in [5.41, 5.74) is 0.857. The predicted molar refractivity (Wildman–Crippen MR) is 72.0 cm³/mol. The van der Waals surface area contributed by atoms with Crippen LogP contribution in [0.15, 0.2) is 18.2 Å². The van der Waals surface area contributed by atoms with Crippen LogP contribution in [0.4, 0.5) is 11.4 Å². The van der Waals surface area contributed by atoms with Crippen molar-refractivity contribution in [2.75, 3.05) is 5.32 Å². The standard InChI is InChI=1S/C9H9IN6O2/c1-5(9-12-14-15-13-9)11-8-3-2-6(16(17)18)4-7(8)10/h2-5,11H,1H3,(H,12,13,14,15). The highest BCUT2D eigenvalue weighted by atomic mass is 127. The third kappa shape index (κ3) is 2.72. The number of hydrogen-bond acceptors (Lipinski definition) is 6. The molecule has 1 atom stereocenters. The summed E-state index contributed by atoms with van der Waals surface area (Å²) < 4.78 is 0.761. The minimum absolute atomic E-state index is 0.0668. The lowest BCUT2D eigenvalue weighted by molar-refractivity contribution is -0.384. The number of non-ortho nitro benzene ring substituents is 1. The molecule has 0 aliphatic heterocycles. The van der Waals surface area contributed by atoms with Crippen LogP contribution in [0.5, 0.6) is 0 Å². The number of rotatable bonds is 4. The Labute approximate surface area is 115 Å². The quantitative estimate of drug-likeness (QED) is 0.490. The average molecular weight is 360 g/mol. The van der Waals surface area contributed by atoms with E-state index >= 15 is 0 Å². The lowest BCUT2D eigenvalue weighted by Crippen LogP contribution is -2.09. The summed E-state index contributed by atoms with van der Waals surface area (Å²) in [5.74, 6) is 0.532. The molecule has 0 amide bonds. The highest BCUT2D eigenvalue weighted by Gasteiger charge is 2.13. The van der Waals surface area contributed by atoms with E-state index in [4.69, 9.17) is 0 Å². The first kappa shape index (κ1) is 12.7. The van der Waals surface area contributed by atoms with Crippen LogP contribution in [0.1, 0.15) is 18.8 Å². The third-order valence-corrected chi connectivity index (χ3v) is 3.18. The van der Waals surface area contributed by atoms with E-state index < -0.39 is 4.92 Å². The maximum atomic E-state index is 10.6. The Morgan fingerprint density at radius 1 is 1.56 bits per heavy atom. The van der Waals surface area contributed by atoms with E-state index in [0.29, 0.717) is 5.82 Å². The molecule has 94 valence electrons. The second kappa shape index (κ2) is 5.25. The SMILES string of the molecule is CC(Nc1ccc([N+](=O)[O-])cc1I)c1nn[nH]n1. The molecule has 0 aliphatic rings. The summed E-state index contributed by atoms with van der Waals surface area (Å²) >= 11 is 2.04. The minimum atomic E-state index is -0.422. The number of aromatic nitrogens is 4. The summed E-state index contributed by atoms with van der Waals surface area (Å²) in [6.07, 6.45) is 0. The smallest absolute Gasteiger partial charge is 0.270 e. The molecule has 0 fully saturated rings. The van der Waals surface area contributed by atoms with Crippen LogP contribution < -0.4 is 5.32 Å². The Kier molecular flexibility index (Phi) is 3.69. The molecule has 0 radical (unpaired) electrons. The van der Waals surface area contributed by atoms with Crippen LogP contribution >= 0.6 is 22.6 Å². The van der Waals surface area contributed by atoms with Gasteiger partial charge in [0.05, 0.1) is 11.0 Å². The zero-order chi connectivity index (χ0) is 13.1. The van der Waals surface area contributed by atoms with Crippen LogP contribution in [0.25, 0.3) is 0 Å². The van der Waals surface area contributed by atoms with Crippen molar-refractivity contribution in [2.45, 2.75) is 13.0 Å². The van der Waals surface area contributed by atoms with Gasteiger partial charge in [0.15, 0.2) is 5.82 Å². The summed E-state index contributed by atoms with van der Waals surface area (Å²) in [4.78, 5) is 10.2. The number of benzene rings is 1. The van der Waals surface area contributed by atoms with E-state index in [1.54, 1.807) is 6.07 Å². The monoisotopic (exact) mass is 360 g/mol. The van der Waals surface area contributed by atoms with Crippen molar-refractivity contribution in [3.8, 4) is 0 Å². The Balaban J connectivity index is 2.17. The number of nitro benzene ring substituents is 1. The van der Waals surface area contributed by atoms with Gasteiger partial charge in [0, 0.05) is 21.4 Å². The zero-order valence-corrected chi connectivity index (χ0v) is 11.5. The molecule has 2 N–H and O–H groups in total. The van der Waals surface area contributed by atoms with Crippen LogP contribution in [0.3, 0.4) is 0 Å². The molecular weight excluding hydrogens is 351 g/mol. The predicted octanol–water partition coefficient (Wildman–Crippen LogP) is 1.89. The molecule has 1 aromatic carbocycles. The van der Waals surface area contributed by atoms with Crippen molar-refractivity contribution in [1.29, 1.82) is 0 Å². The first-order valence-electron chi connectivity index (χ1n) is 5.01. The number of nitrogens with one attached hydrogen (secondary N) is 2. The molecule has 1 aromatic heterocycles. The van der Waals surface area contributed by atoms with Gasteiger partial charge in [0.2, 0.25) is 0 Å². The van der Waals surface area contributed by atoms with Crippen molar-refractivity contribution in [2.24, 2.45) is 0 Å². The second-order valence-corrected chi connectivity index (χ2v) is 4.72. The molecule has 0 saturated heterocycles. The van der Waals surface area contributed by atoms with E-state index in [0.717, 1.165) is 9.26 Å². The van der Waals surface area contributed by atoms with E-state index in [1.807, 2.05) is 29.5 Å². The van der Waals surface area contributed by atoms with E-state index in [-0.39, 0.29) is 11.7 Å². The molecule has 0 saturated carbocycles.